The molecule has 106 valence electrons. The predicted molar refractivity (Wildman–Crippen MR) is 74.2 cm³/mol. The summed E-state index contributed by atoms with van der Waals surface area (Å²) in [6, 6.07) is 0. The number of carboxylic acid groups (broad SMARTS) is 1. The van der Waals surface area contributed by atoms with E-state index < -0.39 is 5.97 Å². The largest absolute Gasteiger partial charge is 0.481 e. The van der Waals surface area contributed by atoms with Crippen LogP contribution < -0.4 is 5.73 Å². The molecule has 3 nitrogen and oxygen atoms in total. The Balaban J connectivity index is 2.98. The van der Waals surface area contributed by atoms with Crippen molar-refractivity contribution >= 4 is 5.97 Å². The molecule has 0 unspecified atom stereocenters. The van der Waals surface area contributed by atoms with Crippen LogP contribution in [0.2, 0.25) is 0 Å². The maximum atomic E-state index is 11.1. The standard InChI is InChI=1S/C15H29NO2/c1-10(2)11-6-15(9-16,8-13(17)18)7-12(11)14(3,4)5/h10-12H,6-9,16H2,1-5H3,(H,17,18)/t11-,12+,15-/m1/s1. The Labute approximate surface area is 111 Å². The number of hydrogen-bond donors (Lipinski definition) is 2. The molecule has 1 rings (SSSR count). The minimum atomic E-state index is -0.711. The summed E-state index contributed by atoms with van der Waals surface area (Å²) < 4.78 is 0. The Kier molecular flexibility index (Phi) is 4.47. The molecule has 3 N–H and O–H groups in total. The van der Waals surface area contributed by atoms with E-state index in [1.165, 1.54) is 0 Å². The van der Waals surface area contributed by atoms with E-state index in [1.807, 2.05) is 0 Å². The van der Waals surface area contributed by atoms with Crippen LogP contribution >= 0.6 is 0 Å². The van der Waals surface area contributed by atoms with Gasteiger partial charge in [-0.2, -0.15) is 0 Å². The van der Waals surface area contributed by atoms with Crippen molar-refractivity contribution in [1.29, 1.82) is 0 Å². The lowest BCUT2D eigenvalue weighted by Crippen LogP contribution is -2.31. The fraction of sp³-hybridized carbons (Fsp3) is 0.933. The summed E-state index contributed by atoms with van der Waals surface area (Å²) in [7, 11) is 0. The van der Waals surface area contributed by atoms with Crippen molar-refractivity contribution in [3.63, 3.8) is 0 Å². The van der Waals surface area contributed by atoms with Gasteiger partial charge in [0.05, 0.1) is 6.42 Å². The van der Waals surface area contributed by atoms with Gasteiger partial charge in [0.2, 0.25) is 0 Å². The normalized spacial score (nSPS) is 33.1. The minimum Gasteiger partial charge on any atom is -0.481 e. The monoisotopic (exact) mass is 255 g/mol. The molecule has 1 aliphatic carbocycles. The zero-order valence-electron chi connectivity index (χ0n) is 12.5. The molecule has 3 heteroatoms. The van der Waals surface area contributed by atoms with E-state index in [0.717, 1.165) is 12.8 Å². The molecule has 0 radical (unpaired) electrons. The molecule has 3 atom stereocenters. The molecule has 1 saturated carbocycles. The zero-order chi connectivity index (χ0) is 14.1. The summed E-state index contributed by atoms with van der Waals surface area (Å²) in [4.78, 5) is 11.1. The third kappa shape index (κ3) is 3.25. The average Bonchev–Trinajstić information content (AvgIpc) is 2.57. The summed E-state index contributed by atoms with van der Waals surface area (Å²) in [5, 5.41) is 9.13. The van der Waals surface area contributed by atoms with Crippen molar-refractivity contribution in [3.05, 3.63) is 0 Å². The van der Waals surface area contributed by atoms with Crippen molar-refractivity contribution in [3.8, 4) is 0 Å². The van der Waals surface area contributed by atoms with Crippen LogP contribution in [0.15, 0.2) is 0 Å². The topological polar surface area (TPSA) is 63.3 Å². The van der Waals surface area contributed by atoms with Gasteiger partial charge in [0.15, 0.2) is 0 Å². The number of carbonyl (C=O) groups is 1. The fourth-order valence-corrected chi connectivity index (χ4v) is 3.70. The first-order chi connectivity index (χ1) is 8.11. The van der Waals surface area contributed by atoms with Gasteiger partial charge < -0.3 is 10.8 Å². The number of nitrogens with two attached hydrogens (primary N) is 1. The van der Waals surface area contributed by atoms with Crippen molar-refractivity contribution in [2.24, 2.45) is 34.3 Å². The minimum absolute atomic E-state index is 0.182. The van der Waals surface area contributed by atoms with E-state index in [4.69, 9.17) is 10.8 Å². The number of carboxylic acids is 1. The third-order valence-electron chi connectivity index (χ3n) is 4.77. The van der Waals surface area contributed by atoms with E-state index >= 15 is 0 Å². The van der Waals surface area contributed by atoms with Gasteiger partial charge in [-0.05, 0) is 48.0 Å². The lowest BCUT2D eigenvalue weighted by Gasteiger charge is -2.34. The molecule has 0 amide bonds. The predicted octanol–water partition coefficient (Wildman–Crippen LogP) is 3.13. The van der Waals surface area contributed by atoms with Gasteiger partial charge in [0, 0.05) is 0 Å². The molecule has 0 aliphatic heterocycles. The molecule has 0 saturated heterocycles. The molecule has 0 aromatic heterocycles. The van der Waals surface area contributed by atoms with Crippen LogP contribution in [0, 0.1) is 28.6 Å². The second-order valence-electron chi connectivity index (χ2n) is 7.56. The molecule has 0 aromatic carbocycles. The highest BCUT2D eigenvalue weighted by molar-refractivity contribution is 5.67. The van der Waals surface area contributed by atoms with E-state index in [1.54, 1.807) is 0 Å². The summed E-state index contributed by atoms with van der Waals surface area (Å²) >= 11 is 0. The number of aliphatic carboxylic acids is 1. The van der Waals surface area contributed by atoms with Gasteiger partial charge in [-0.1, -0.05) is 34.6 Å². The molecule has 1 fully saturated rings. The molecule has 0 spiro atoms. The van der Waals surface area contributed by atoms with Crippen molar-refractivity contribution in [1.82, 2.24) is 0 Å². The molecule has 0 heterocycles. The second kappa shape index (κ2) is 5.20. The summed E-state index contributed by atoms with van der Waals surface area (Å²) in [5.74, 6) is 1.04. The molecular weight excluding hydrogens is 226 g/mol. The molecule has 18 heavy (non-hydrogen) atoms. The molecule has 0 aromatic rings. The average molecular weight is 255 g/mol. The van der Waals surface area contributed by atoms with Gasteiger partial charge in [-0.15, -0.1) is 0 Å². The maximum Gasteiger partial charge on any atom is 0.303 e. The molecule has 0 bridgehead atoms. The highest BCUT2D eigenvalue weighted by atomic mass is 16.4. The lowest BCUT2D eigenvalue weighted by molar-refractivity contribution is -0.139. The van der Waals surface area contributed by atoms with Crippen LogP contribution in [0.4, 0.5) is 0 Å². The van der Waals surface area contributed by atoms with Crippen molar-refractivity contribution < 1.29 is 9.90 Å². The third-order valence-corrected chi connectivity index (χ3v) is 4.77. The summed E-state index contributed by atoms with van der Waals surface area (Å²) in [6.45, 7) is 11.8. The van der Waals surface area contributed by atoms with Crippen LogP contribution in [-0.4, -0.2) is 17.6 Å². The van der Waals surface area contributed by atoms with Gasteiger partial charge >= 0.3 is 5.97 Å². The fourth-order valence-electron chi connectivity index (χ4n) is 3.70. The highest BCUT2D eigenvalue weighted by Gasteiger charge is 2.49. The van der Waals surface area contributed by atoms with E-state index in [0.29, 0.717) is 24.3 Å². The summed E-state index contributed by atoms with van der Waals surface area (Å²) in [5.41, 5.74) is 5.97. The molecule has 1 aliphatic rings. The first-order valence-electron chi connectivity index (χ1n) is 7.03. The Morgan fingerprint density at radius 2 is 1.94 bits per heavy atom. The zero-order valence-corrected chi connectivity index (χ0v) is 12.5. The highest BCUT2D eigenvalue weighted by Crippen LogP contribution is 2.55. The number of rotatable bonds is 4. The second-order valence-corrected chi connectivity index (χ2v) is 7.56. The van der Waals surface area contributed by atoms with E-state index in [2.05, 4.69) is 34.6 Å². The van der Waals surface area contributed by atoms with E-state index in [9.17, 15) is 4.79 Å². The van der Waals surface area contributed by atoms with Crippen LogP contribution in [-0.2, 0) is 4.79 Å². The SMILES string of the molecule is CC(C)[C@H]1C[C@](CN)(CC(=O)O)C[C@@H]1C(C)(C)C. The lowest BCUT2D eigenvalue weighted by atomic mass is 9.71. The van der Waals surface area contributed by atoms with Gasteiger partial charge in [-0.3, -0.25) is 4.79 Å². The summed E-state index contributed by atoms with van der Waals surface area (Å²) in [6.07, 6.45) is 2.15. The van der Waals surface area contributed by atoms with Crippen molar-refractivity contribution in [2.75, 3.05) is 6.54 Å². The Bertz CT molecular complexity index is 306. The van der Waals surface area contributed by atoms with Crippen LogP contribution in [0.1, 0.15) is 53.9 Å². The Morgan fingerprint density at radius 3 is 2.22 bits per heavy atom. The number of hydrogen-bond acceptors (Lipinski definition) is 2. The smallest absolute Gasteiger partial charge is 0.303 e. The van der Waals surface area contributed by atoms with Gasteiger partial charge in [0.1, 0.15) is 0 Å². The molecular formula is C15H29NO2. The van der Waals surface area contributed by atoms with Crippen molar-refractivity contribution in [2.45, 2.75) is 53.9 Å². The van der Waals surface area contributed by atoms with E-state index in [-0.39, 0.29) is 17.3 Å². The Hall–Kier alpha value is -0.570. The van der Waals surface area contributed by atoms with Crippen LogP contribution in [0.25, 0.3) is 0 Å². The van der Waals surface area contributed by atoms with Gasteiger partial charge in [0.25, 0.3) is 0 Å². The van der Waals surface area contributed by atoms with Crippen LogP contribution in [0.5, 0.6) is 0 Å². The van der Waals surface area contributed by atoms with Gasteiger partial charge in [-0.25, -0.2) is 0 Å². The quantitative estimate of drug-likeness (QED) is 0.811. The first kappa shape index (κ1) is 15.5. The maximum absolute atomic E-state index is 11.1. The van der Waals surface area contributed by atoms with Crippen LogP contribution in [0.3, 0.4) is 0 Å². The first-order valence-corrected chi connectivity index (χ1v) is 7.03. The Morgan fingerprint density at radius 1 is 1.39 bits per heavy atom.